The van der Waals surface area contributed by atoms with Gasteiger partial charge in [0.05, 0.1) is 5.52 Å². The quantitative estimate of drug-likeness (QED) is 0.592. The first-order valence-corrected chi connectivity index (χ1v) is 5.20. The second-order valence-corrected chi connectivity index (χ2v) is 3.58. The number of nitrogens with two attached hydrogens (primary N) is 1. The molecule has 1 heterocycles. The monoisotopic (exact) mass is 201 g/mol. The van der Waals surface area contributed by atoms with Crippen LogP contribution in [-0.2, 0) is 6.42 Å². The van der Waals surface area contributed by atoms with Gasteiger partial charge in [-0.25, -0.2) is 10.8 Å². The van der Waals surface area contributed by atoms with Crippen molar-refractivity contribution in [2.75, 3.05) is 5.43 Å². The van der Waals surface area contributed by atoms with Crippen molar-refractivity contribution >= 4 is 16.7 Å². The van der Waals surface area contributed by atoms with Gasteiger partial charge in [0.2, 0.25) is 0 Å². The number of rotatable bonds is 3. The van der Waals surface area contributed by atoms with E-state index < -0.39 is 0 Å². The summed E-state index contributed by atoms with van der Waals surface area (Å²) in [4.78, 5) is 4.48. The van der Waals surface area contributed by atoms with Crippen LogP contribution < -0.4 is 11.3 Å². The number of nitrogens with one attached hydrogen (secondary N) is 1. The van der Waals surface area contributed by atoms with Gasteiger partial charge >= 0.3 is 0 Å². The molecule has 15 heavy (non-hydrogen) atoms. The minimum atomic E-state index is 0.788. The number of nitrogens with zero attached hydrogens (tertiary/aromatic N) is 1. The molecule has 0 aliphatic carbocycles. The van der Waals surface area contributed by atoms with Crippen LogP contribution in [0.3, 0.4) is 0 Å². The molecule has 0 fully saturated rings. The van der Waals surface area contributed by atoms with Crippen molar-refractivity contribution < 1.29 is 0 Å². The fraction of sp³-hybridized carbons (Fsp3) is 0.250. The van der Waals surface area contributed by atoms with E-state index >= 15 is 0 Å². The summed E-state index contributed by atoms with van der Waals surface area (Å²) in [5.74, 6) is 6.25. The summed E-state index contributed by atoms with van der Waals surface area (Å²) < 4.78 is 0. The zero-order chi connectivity index (χ0) is 10.7. The van der Waals surface area contributed by atoms with Crippen LogP contribution in [0.1, 0.15) is 18.9 Å². The van der Waals surface area contributed by atoms with Gasteiger partial charge in [-0.05, 0) is 24.1 Å². The number of aromatic nitrogens is 1. The zero-order valence-electron chi connectivity index (χ0n) is 8.83. The fourth-order valence-electron chi connectivity index (χ4n) is 1.74. The standard InChI is InChI=1S/C12H15N3/c1-2-5-10-8-9-6-3-4-7-11(9)14-12(10)15-13/h3-4,6-8H,2,5,13H2,1H3,(H,14,15). The Bertz CT molecular complexity index is 465. The lowest BCUT2D eigenvalue weighted by atomic mass is 10.1. The molecule has 0 bridgehead atoms. The van der Waals surface area contributed by atoms with Crippen molar-refractivity contribution in [2.24, 2.45) is 5.84 Å². The molecule has 3 nitrogen and oxygen atoms in total. The predicted octanol–water partition coefficient (Wildman–Crippen LogP) is 2.47. The Hall–Kier alpha value is -1.61. The van der Waals surface area contributed by atoms with E-state index in [4.69, 9.17) is 5.84 Å². The molecule has 0 spiro atoms. The molecule has 1 aromatic heterocycles. The third-order valence-electron chi connectivity index (χ3n) is 2.46. The zero-order valence-corrected chi connectivity index (χ0v) is 8.83. The topological polar surface area (TPSA) is 50.9 Å². The number of aryl methyl sites for hydroxylation is 1. The lowest BCUT2D eigenvalue weighted by molar-refractivity contribution is 0.917. The van der Waals surface area contributed by atoms with E-state index in [2.05, 4.69) is 29.5 Å². The van der Waals surface area contributed by atoms with Crippen molar-refractivity contribution in [1.82, 2.24) is 4.98 Å². The first-order chi connectivity index (χ1) is 7.35. The summed E-state index contributed by atoms with van der Waals surface area (Å²) in [6.07, 6.45) is 2.09. The molecule has 0 aliphatic heterocycles. The van der Waals surface area contributed by atoms with Gasteiger partial charge in [0.15, 0.2) is 0 Å². The van der Waals surface area contributed by atoms with Crippen LogP contribution in [0.25, 0.3) is 10.9 Å². The normalized spacial score (nSPS) is 10.5. The second kappa shape index (κ2) is 4.28. The van der Waals surface area contributed by atoms with Crippen molar-refractivity contribution in [3.05, 3.63) is 35.9 Å². The number of fused-ring (bicyclic) bond motifs is 1. The van der Waals surface area contributed by atoms with Gasteiger partial charge in [0, 0.05) is 5.39 Å². The Labute approximate surface area is 89.3 Å². The molecule has 0 saturated heterocycles. The Kier molecular flexibility index (Phi) is 2.83. The van der Waals surface area contributed by atoms with E-state index in [0.717, 1.165) is 24.2 Å². The van der Waals surface area contributed by atoms with Crippen LogP contribution >= 0.6 is 0 Å². The molecule has 0 amide bonds. The number of anilines is 1. The van der Waals surface area contributed by atoms with Crippen LogP contribution in [0, 0.1) is 0 Å². The summed E-state index contributed by atoms with van der Waals surface area (Å²) in [5, 5.41) is 1.17. The maximum Gasteiger partial charge on any atom is 0.143 e. The number of benzene rings is 1. The average molecular weight is 201 g/mol. The van der Waals surface area contributed by atoms with Gasteiger partial charge in [-0.2, -0.15) is 0 Å². The molecule has 2 rings (SSSR count). The Balaban J connectivity index is 2.58. The van der Waals surface area contributed by atoms with Crippen LogP contribution in [0.5, 0.6) is 0 Å². The van der Waals surface area contributed by atoms with E-state index in [1.54, 1.807) is 0 Å². The SMILES string of the molecule is CCCc1cc2ccccc2nc1NN. The van der Waals surface area contributed by atoms with Crippen LogP contribution in [0.2, 0.25) is 0 Å². The summed E-state index contributed by atoms with van der Waals surface area (Å²) in [6.45, 7) is 2.15. The first-order valence-electron chi connectivity index (χ1n) is 5.20. The molecule has 2 aromatic rings. The number of para-hydroxylation sites is 1. The number of hydrogen-bond acceptors (Lipinski definition) is 3. The molecule has 0 unspecified atom stereocenters. The minimum absolute atomic E-state index is 0.788. The summed E-state index contributed by atoms with van der Waals surface area (Å²) in [6, 6.07) is 10.2. The highest BCUT2D eigenvalue weighted by atomic mass is 15.2. The minimum Gasteiger partial charge on any atom is -0.308 e. The maximum absolute atomic E-state index is 5.46. The summed E-state index contributed by atoms with van der Waals surface area (Å²) in [7, 11) is 0. The smallest absolute Gasteiger partial charge is 0.143 e. The van der Waals surface area contributed by atoms with Crippen molar-refractivity contribution in [2.45, 2.75) is 19.8 Å². The van der Waals surface area contributed by atoms with E-state index in [9.17, 15) is 0 Å². The number of hydrogen-bond donors (Lipinski definition) is 2. The predicted molar refractivity (Wildman–Crippen MR) is 63.5 cm³/mol. The Morgan fingerprint density at radius 2 is 2.13 bits per heavy atom. The van der Waals surface area contributed by atoms with Crippen LogP contribution in [-0.4, -0.2) is 4.98 Å². The van der Waals surface area contributed by atoms with E-state index in [-0.39, 0.29) is 0 Å². The van der Waals surface area contributed by atoms with E-state index in [1.807, 2.05) is 18.2 Å². The number of hydrazine groups is 1. The third kappa shape index (κ3) is 1.92. The lowest BCUT2D eigenvalue weighted by Crippen LogP contribution is -2.11. The summed E-state index contributed by atoms with van der Waals surface area (Å²) >= 11 is 0. The van der Waals surface area contributed by atoms with Gasteiger partial charge in [-0.15, -0.1) is 0 Å². The Morgan fingerprint density at radius 1 is 1.33 bits per heavy atom. The second-order valence-electron chi connectivity index (χ2n) is 3.58. The highest BCUT2D eigenvalue weighted by molar-refractivity contribution is 5.81. The summed E-state index contributed by atoms with van der Waals surface area (Å²) in [5.41, 5.74) is 4.82. The van der Waals surface area contributed by atoms with Crippen LogP contribution in [0.4, 0.5) is 5.82 Å². The van der Waals surface area contributed by atoms with Crippen LogP contribution in [0.15, 0.2) is 30.3 Å². The van der Waals surface area contributed by atoms with Gasteiger partial charge < -0.3 is 5.43 Å². The number of nitrogen functional groups attached to an aromatic ring is 1. The molecule has 0 aliphatic rings. The molecule has 3 heteroatoms. The molecule has 1 aromatic carbocycles. The molecule has 0 atom stereocenters. The highest BCUT2D eigenvalue weighted by Crippen LogP contribution is 2.20. The number of pyridine rings is 1. The van der Waals surface area contributed by atoms with E-state index in [0.29, 0.717) is 0 Å². The van der Waals surface area contributed by atoms with Gasteiger partial charge in [0.25, 0.3) is 0 Å². The highest BCUT2D eigenvalue weighted by Gasteiger charge is 2.04. The van der Waals surface area contributed by atoms with Gasteiger partial charge in [-0.1, -0.05) is 31.5 Å². The van der Waals surface area contributed by atoms with Crippen molar-refractivity contribution in [3.8, 4) is 0 Å². The molecular weight excluding hydrogens is 186 g/mol. The van der Waals surface area contributed by atoms with Gasteiger partial charge in [0.1, 0.15) is 5.82 Å². The first kappa shape index (κ1) is 9.93. The maximum atomic E-state index is 5.46. The molecule has 78 valence electrons. The fourth-order valence-corrected chi connectivity index (χ4v) is 1.74. The van der Waals surface area contributed by atoms with Crippen molar-refractivity contribution in [1.29, 1.82) is 0 Å². The molecule has 0 radical (unpaired) electrons. The third-order valence-corrected chi connectivity index (χ3v) is 2.46. The lowest BCUT2D eigenvalue weighted by Gasteiger charge is -2.08. The van der Waals surface area contributed by atoms with E-state index in [1.165, 1.54) is 10.9 Å². The van der Waals surface area contributed by atoms with Gasteiger partial charge in [-0.3, -0.25) is 0 Å². The molecule has 3 N–H and O–H groups in total. The largest absolute Gasteiger partial charge is 0.308 e. The molecular formula is C12H15N3. The average Bonchev–Trinajstić information content (AvgIpc) is 2.28. The van der Waals surface area contributed by atoms with Crippen molar-refractivity contribution in [3.63, 3.8) is 0 Å². The molecule has 0 saturated carbocycles. The Morgan fingerprint density at radius 3 is 2.87 bits per heavy atom.